The summed E-state index contributed by atoms with van der Waals surface area (Å²) < 4.78 is 5.29. The largest absolute Gasteiger partial charge is 0.508 e. The summed E-state index contributed by atoms with van der Waals surface area (Å²) >= 11 is 0. The highest BCUT2D eigenvalue weighted by atomic mass is 16.5. The fraction of sp³-hybridized carbons (Fsp3) is 0. The van der Waals surface area contributed by atoms with Crippen molar-refractivity contribution in [3.63, 3.8) is 0 Å². The first-order valence-electron chi connectivity index (χ1n) is 7.09. The maximum atomic E-state index is 12.1. The molecule has 3 rings (SSSR count). The molecule has 0 saturated heterocycles. The molecule has 114 valence electrons. The number of hydrogen-bond acceptors (Lipinski definition) is 4. The van der Waals surface area contributed by atoms with Gasteiger partial charge in [0.1, 0.15) is 11.5 Å². The van der Waals surface area contributed by atoms with Crippen molar-refractivity contribution in [1.29, 1.82) is 0 Å². The minimum Gasteiger partial charge on any atom is -0.508 e. The van der Waals surface area contributed by atoms with Crippen molar-refractivity contribution in [2.75, 3.05) is 5.73 Å². The van der Waals surface area contributed by atoms with E-state index in [9.17, 15) is 9.90 Å². The summed E-state index contributed by atoms with van der Waals surface area (Å²) in [5, 5.41) is 9.31. The Hall–Kier alpha value is -3.27. The maximum absolute atomic E-state index is 12.1. The number of anilines is 1. The number of hydrogen-bond donors (Lipinski definition) is 2. The highest BCUT2D eigenvalue weighted by Gasteiger charge is 2.09. The van der Waals surface area contributed by atoms with Crippen LogP contribution in [0.3, 0.4) is 0 Å². The molecule has 0 aliphatic carbocycles. The predicted molar refractivity (Wildman–Crippen MR) is 89.4 cm³/mol. The van der Waals surface area contributed by atoms with Crippen molar-refractivity contribution in [3.8, 4) is 22.6 Å². The van der Waals surface area contributed by atoms with Gasteiger partial charge in [-0.3, -0.25) is 0 Å². The minimum absolute atomic E-state index is 0.219. The molecule has 0 unspecified atom stereocenters. The number of phenols is 1. The van der Waals surface area contributed by atoms with Crippen LogP contribution in [0.25, 0.3) is 11.1 Å². The number of nitrogens with two attached hydrogens (primary N) is 1. The number of phenolic OH excluding ortho intramolecular Hbond substituents is 1. The number of aromatic hydroxyl groups is 1. The van der Waals surface area contributed by atoms with Gasteiger partial charge in [0.25, 0.3) is 0 Å². The lowest BCUT2D eigenvalue weighted by Gasteiger charge is -2.06. The van der Waals surface area contributed by atoms with E-state index in [4.69, 9.17) is 10.5 Å². The van der Waals surface area contributed by atoms with Crippen molar-refractivity contribution >= 4 is 11.7 Å². The zero-order valence-corrected chi connectivity index (χ0v) is 12.3. The third kappa shape index (κ3) is 3.49. The molecule has 4 nitrogen and oxygen atoms in total. The Bertz CT molecular complexity index is 824. The number of nitrogen functional groups attached to an aromatic ring is 1. The third-order valence-electron chi connectivity index (χ3n) is 3.39. The van der Waals surface area contributed by atoms with Gasteiger partial charge in [0.05, 0.1) is 5.56 Å². The Morgan fingerprint density at radius 3 is 2.09 bits per heavy atom. The molecule has 0 aromatic heterocycles. The van der Waals surface area contributed by atoms with E-state index >= 15 is 0 Å². The van der Waals surface area contributed by atoms with Crippen LogP contribution in [0.4, 0.5) is 5.69 Å². The van der Waals surface area contributed by atoms with Gasteiger partial charge >= 0.3 is 5.97 Å². The van der Waals surface area contributed by atoms with Crippen LogP contribution in [-0.2, 0) is 0 Å². The molecular weight excluding hydrogens is 290 g/mol. The van der Waals surface area contributed by atoms with E-state index in [0.29, 0.717) is 17.0 Å². The molecule has 0 bridgehead atoms. The van der Waals surface area contributed by atoms with Crippen molar-refractivity contribution in [1.82, 2.24) is 0 Å². The summed E-state index contributed by atoms with van der Waals surface area (Å²) in [6, 6.07) is 20.7. The number of carbonyl (C=O) groups is 1. The normalized spacial score (nSPS) is 10.3. The molecule has 0 aliphatic heterocycles. The number of esters is 1. The monoisotopic (exact) mass is 305 g/mol. The zero-order valence-electron chi connectivity index (χ0n) is 12.3. The van der Waals surface area contributed by atoms with Crippen LogP contribution in [0.5, 0.6) is 11.5 Å². The smallest absolute Gasteiger partial charge is 0.343 e. The summed E-state index contributed by atoms with van der Waals surface area (Å²) in [6.07, 6.45) is 0. The van der Waals surface area contributed by atoms with Crippen LogP contribution in [0.15, 0.2) is 72.8 Å². The van der Waals surface area contributed by atoms with E-state index in [1.807, 2.05) is 24.3 Å². The van der Waals surface area contributed by atoms with Crippen LogP contribution in [0, 0.1) is 0 Å². The standard InChI is InChI=1S/C19H15NO3/c20-16-2-1-3-18(12-16)23-19(22)15-6-4-13(5-7-15)14-8-10-17(21)11-9-14/h1-12,21H,20H2. The van der Waals surface area contributed by atoms with Crippen LogP contribution in [-0.4, -0.2) is 11.1 Å². The first kappa shape index (κ1) is 14.7. The van der Waals surface area contributed by atoms with Crippen molar-refractivity contribution in [2.45, 2.75) is 0 Å². The maximum Gasteiger partial charge on any atom is 0.343 e. The fourth-order valence-corrected chi connectivity index (χ4v) is 2.20. The molecule has 0 atom stereocenters. The summed E-state index contributed by atoms with van der Waals surface area (Å²) in [4.78, 5) is 12.1. The molecule has 0 aliphatic rings. The topological polar surface area (TPSA) is 72.5 Å². The first-order valence-corrected chi connectivity index (χ1v) is 7.09. The van der Waals surface area contributed by atoms with Gasteiger partial charge in [0.15, 0.2) is 0 Å². The highest BCUT2D eigenvalue weighted by molar-refractivity contribution is 5.91. The molecular formula is C19H15NO3. The second kappa shape index (κ2) is 6.23. The Labute approximate surface area is 133 Å². The lowest BCUT2D eigenvalue weighted by Crippen LogP contribution is -2.08. The van der Waals surface area contributed by atoms with Gasteiger partial charge in [0.2, 0.25) is 0 Å². The second-order valence-corrected chi connectivity index (χ2v) is 5.09. The minimum atomic E-state index is -0.437. The highest BCUT2D eigenvalue weighted by Crippen LogP contribution is 2.23. The second-order valence-electron chi connectivity index (χ2n) is 5.09. The molecule has 0 spiro atoms. The van der Waals surface area contributed by atoms with E-state index in [2.05, 4.69) is 0 Å². The number of ether oxygens (including phenoxy) is 1. The molecule has 23 heavy (non-hydrogen) atoms. The SMILES string of the molecule is Nc1cccc(OC(=O)c2ccc(-c3ccc(O)cc3)cc2)c1. The van der Waals surface area contributed by atoms with Gasteiger partial charge in [-0.25, -0.2) is 4.79 Å². The molecule has 3 aromatic rings. The van der Waals surface area contributed by atoms with Crippen LogP contribution in [0.2, 0.25) is 0 Å². The Morgan fingerprint density at radius 1 is 0.870 bits per heavy atom. The number of carbonyl (C=O) groups excluding carboxylic acids is 1. The van der Waals surface area contributed by atoms with Crippen LogP contribution < -0.4 is 10.5 Å². The van der Waals surface area contributed by atoms with E-state index < -0.39 is 5.97 Å². The lowest BCUT2D eigenvalue weighted by molar-refractivity contribution is 0.0735. The quantitative estimate of drug-likeness (QED) is 0.438. The summed E-state index contributed by atoms with van der Waals surface area (Å²) in [6.45, 7) is 0. The molecule has 0 radical (unpaired) electrons. The molecule has 3 N–H and O–H groups in total. The molecule has 0 amide bonds. The number of rotatable bonds is 3. The van der Waals surface area contributed by atoms with Gasteiger partial charge in [-0.05, 0) is 47.5 Å². The Balaban J connectivity index is 1.76. The van der Waals surface area contributed by atoms with Crippen molar-refractivity contribution < 1.29 is 14.6 Å². The van der Waals surface area contributed by atoms with Crippen molar-refractivity contribution in [3.05, 3.63) is 78.4 Å². The van der Waals surface area contributed by atoms with Crippen LogP contribution in [0.1, 0.15) is 10.4 Å². The van der Waals surface area contributed by atoms with E-state index in [1.165, 1.54) is 0 Å². The van der Waals surface area contributed by atoms with Gasteiger partial charge in [-0.2, -0.15) is 0 Å². The number of benzene rings is 3. The molecule has 4 heteroatoms. The van der Waals surface area contributed by atoms with Gasteiger partial charge < -0.3 is 15.6 Å². The summed E-state index contributed by atoms with van der Waals surface area (Å²) in [5.74, 6) is 0.196. The zero-order chi connectivity index (χ0) is 16.2. The molecule has 0 heterocycles. The average molecular weight is 305 g/mol. The summed E-state index contributed by atoms with van der Waals surface area (Å²) in [7, 11) is 0. The Morgan fingerprint density at radius 2 is 1.48 bits per heavy atom. The van der Waals surface area contributed by atoms with Crippen molar-refractivity contribution in [2.24, 2.45) is 0 Å². The first-order chi connectivity index (χ1) is 11.1. The van der Waals surface area contributed by atoms with E-state index in [0.717, 1.165) is 11.1 Å². The average Bonchev–Trinajstić information content (AvgIpc) is 2.56. The predicted octanol–water partition coefficient (Wildman–Crippen LogP) is 3.86. The lowest BCUT2D eigenvalue weighted by atomic mass is 10.0. The fourth-order valence-electron chi connectivity index (χ4n) is 2.20. The summed E-state index contributed by atoms with van der Waals surface area (Å²) in [5.41, 5.74) is 8.56. The van der Waals surface area contributed by atoms with Gasteiger partial charge in [0, 0.05) is 11.8 Å². The van der Waals surface area contributed by atoms with Crippen LogP contribution >= 0.6 is 0 Å². The molecule has 0 fully saturated rings. The van der Waals surface area contributed by atoms with Gasteiger partial charge in [-0.15, -0.1) is 0 Å². The van der Waals surface area contributed by atoms with E-state index in [1.54, 1.807) is 48.5 Å². The van der Waals surface area contributed by atoms with Gasteiger partial charge in [-0.1, -0.05) is 30.3 Å². The van der Waals surface area contributed by atoms with E-state index in [-0.39, 0.29) is 5.75 Å². The molecule has 0 saturated carbocycles. The Kier molecular flexibility index (Phi) is 3.97. The third-order valence-corrected chi connectivity index (χ3v) is 3.39. The molecule has 3 aromatic carbocycles.